The lowest BCUT2D eigenvalue weighted by Crippen LogP contribution is -2.45. The molecule has 0 fully saturated rings. The molecule has 0 radical (unpaired) electrons. The molecule has 0 spiro atoms. The molecular formula is C16H14N2O3S. The van der Waals surface area contributed by atoms with Crippen molar-refractivity contribution in [2.75, 3.05) is 4.90 Å². The Balaban J connectivity index is 2.23. The van der Waals surface area contributed by atoms with Gasteiger partial charge in [0.2, 0.25) is 0 Å². The van der Waals surface area contributed by atoms with Gasteiger partial charge in [-0.15, -0.1) is 0 Å². The lowest BCUT2D eigenvalue weighted by Gasteiger charge is -2.28. The van der Waals surface area contributed by atoms with Crippen LogP contribution in [0.5, 0.6) is 0 Å². The van der Waals surface area contributed by atoms with E-state index in [9.17, 15) is 14.7 Å². The van der Waals surface area contributed by atoms with Gasteiger partial charge in [0.15, 0.2) is 0 Å². The van der Waals surface area contributed by atoms with Gasteiger partial charge in [-0.3, -0.25) is 9.69 Å². The third kappa shape index (κ3) is 2.35. The average molecular weight is 314 g/mol. The third-order valence-corrected chi connectivity index (χ3v) is 4.62. The molecule has 1 amide bonds. The molecule has 2 heterocycles. The van der Waals surface area contributed by atoms with Gasteiger partial charge in [0, 0.05) is 11.1 Å². The average Bonchev–Trinajstić information content (AvgIpc) is 2.64. The second kappa shape index (κ2) is 5.81. The van der Waals surface area contributed by atoms with E-state index in [-0.39, 0.29) is 5.91 Å². The summed E-state index contributed by atoms with van der Waals surface area (Å²) in [7, 11) is 0. The number of carbonyl (C=O) groups excluding carboxylic acids is 1. The van der Waals surface area contributed by atoms with Crippen LogP contribution in [0.15, 0.2) is 52.5 Å². The molecule has 0 saturated carbocycles. The van der Waals surface area contributed by atoms with Crippen LogP contribution in [0.1, 0.15) is 23.7 Å². The van der Waals surface area contributed by atoms with Crippen molar-refractivity contribution < 1.29 is 14.7 Å². The summed E-state index contributed by atoms with van der Waals surface area (Å²) in [6, 6.07) is 9.74. The molecular weight excluding hydrogens is 300 g/mol. The van der Waals surface area contributed by atoms with E-state index in [2.05, 4.69) is 4.98 Å². The normalized spacial score (nSPS) is 14.8. The topological polar surface area (TPSA) is 70.5 Å². The number of nitrogens with zero attached hydrogens (tertiary/aromatic N) is 2. The molecule has 22 heavy (non-hydrogen) atoms. The lowest BCUT2D eigenvalue weighted by atomic mass is 10.1. The van der Waals surface area contributed by atoms with E-state index in [1.807, 2.05) is 12.1 Å². The summed E-state index contributed by atoms with van der Waals surface area (Å²) in [5, 5.41) is 10.1. The minimum absolute atomic E-state index is 0.302. The van der Waals surface area contributed by atoms with Crippen LogP contribution in [0, 0.1) is 0 Å². The molecule has 1 aliphatic rings. The predicted octanol–water partition coefficient (Wildman–Crippen LogP) is 3.06. The van der Waals surface area contributed by atoms with Gasteiger partial charge in [-0.1, -0.05) is 30.8 Å². The zero-order valence-corrected chi connectivity index (χ0v) is 12.7. The quantitative estimate of drug-likeness (QED) is 0.943. The highest BCUT2D eigenvalue weighted by Gasteiger charge is 2.35. The van der Waals surface area contributed by atoms with Crippen molar-refractivity contribution >= 4 is 29.3 Å². The maximum atomic E-state index is 12.9. The molecule has 1 N–H and O–H groups in total. The number of hydrogen-bond acceptors (Lipinski definition) is 4. The molecule has 2 aromatic rings. The standard InChI is InChI=1S/C16H14N2O3S/c1-2-11(16(20)21)18-12-7-5-9-17-14(12)22-13-8-4-3-6-10(13)15(18)19/h3-9,11H,2H2,1H3,(H,20,21). The summed E-state index contributed by atoms with van der Waals surface area (Å²) in [4.78, 5) is 31.0. The minimum Gasteiger partial charge on any atom is -0.480 e. The number of pyridine rings is 1. The van der Waals surface area contributed by atoms with Crippen molar-refractivity contribution in [3.8, 4) is 0 Å². The van der Waals surface area contributed by atoms with Crippen LogP contribution in [0.25, 0.3) is 0 Å². The Morgan fingerprint density at radius 3 is 2.82 bits per heavy atom. The van der Waals surface area contributed by atoms with Gasteiger partial charge >= 0.3 is 5.97 Å². The van der Waals surface area contributed by atoms with Crippen molar-refractivity contribution in [3.05, 3.63) is 48.2 Å². The predicted molar refractivity (Wildman–Crippen MR) is 83.3 cm³/mol. The summed E-state index contributed by atoms with van der Waals surface area (Å²) in [5.74, 6) is -1.32. The van der Waals surface area contributed by atoms with Crippen LogP contribution < -0.4 is 4.90 Å². The minimum atomic E-state index is -1.02. The summed E-state index contributed by atoms with van der Waals surface area (Å²) in [6.45, 7) is 1.76. The largest absolute Gasteiger partial charge is 0.480 e. The van der Waals surface area contributed by atoms with Crippen LogP contribution >= 0.6 is 11.8 Å². The Morgan fingerprint density at radius 2 is 2.09 bits per heavy atom. The summed E-state index contributed by atoms with van der Waals surface area (Å²) in [5.41, 5.74) is 1.05. The summed E-state index contributed by atoms with van der Waals surface area (Å²) >= 11 is 1.38. The molecule has 5 nitrogen and oxygen atoms in total. The van der Waals surface area contributed by atoms with E-state index in [0.717, 1.165) is 4.90 Å². The van der Waals surface area contributed by atoms with Crippen LogP contribution in [0.3, 0.4) is 0 Å². The van der Waals surface area contributed by atoms with Gasteiger partial charge in [-0.25, -0.2) is 9.78 Å². The van der Waals surface area contributed by atoms with Gasteiger partial charge in [-0.2, -0.15) is 0 Å². The Morgan fingerprint density at radius 1 is 1.32 bits per heavy atom. The highest BCUT2D eigenvalue weighted by atomic mass is 32.2. The van der Waals surface area contributed by atoms with Crippen LogP contribution in [0.2, 0.25) is 0 Å². The first-order valence-electron chi connectivity index (χ1n) is 6.91. The van der Waals surface area contributed by atoms with Gasteiger partial charge in [0.25, 0.3) is 5.91 Å². The number of benzene rings is 1. The molecule has 0 saturated heterocycles. The number of rotatable bonds is 3. The van der Waals surface area contributed by atoms with E-state index < -0.39 is 12.0 Å². The third-order valence-electron chi connectivity index (χ3n) is 3.54. The number of anilines is 1. The van der Waals surface area contributed by atoms with E-state index in [4.69, 9.17) is 0 Å². The molecule has 1 aromatic heterocycles. The van der Waals surface area contributed by atoms with E-state index in [1.54, 1.807) is 37.4 Å². The first kappa shape index (κ1) is 14.6. The molecule has 112 valence electrons. The highest BCUT2D eigenvalue weighted by Crippen LogP contribution is 2.40. The van der Waals surface area contributed by atoms with Gasteiger partial charge < -0.3 is 5.11 Å². The van der Waals surface area contributed by atoms with Crippen molar-refractivity contribution in [3.63, 3.8) is 0 Å². The second-order valence-electron chi connectivity index (χ2n) is 4.86. The van der Waals surface area contributed by atoms with Crippen LogP contribution in [-0.2, 0) is 4.79 Å². The second-order valence-corrected chi connectivity index (χ2v) is 5.89. The number of carboxylic acid groups (broad SMARTS) is 1. The molecule has 1 unspecified atom stereocenters. The number of carboxylic acids is 1. The molecule has 0 bridgehead atoms. The molecule has 1 aliphatic heterocycles. The smallest absolute Gasteiger partial charge is 0.326 e. The van der Waals surface area contributed by atoms with E-state index in [0.29, 0.717) is 22.7 Å². The lowest BCUT2D eigenvalue weighted by molar-refractivity contribution is -0.138. The zero-order valence-electron chi connectivity index (χ0n) is 11.9. The fourth-order valence-electron chi connectivity index (χ4n) is 2.50. The first-order valence-corrected chi connectivity index (χ1v) is 7.73. The Labute approximate surface area is 132 Å². The molecule has 3 rings (SSSR count). The molecule has 0 aliphatic carbocycles. The number of aromatic nitrogens is 1. The number of fused-ring (bicyclic) bond motifs is 2. The van der Waals surface area contributed by atoms with E-state index >= 15 is 0 Å². The number of aliphatic carboxylic acids is 1. The SMILES string of the molecule is CCC(C(=O)O)N1C(=O)c2ccccc2Sc2ncccc21. The first-order chi connectivity index (χ1) is 10.6. The van der Waals surface area contributed by atoms with Crippen molar-refractivity contribution in [2.45, 2.75) is 29.3 Å². The summed E-state index contributed by atoms with van der Waals surface area (Å²) in [6.07, 6.45) is 1.96. The Bertz CT molecular complexity index is 748. The highest BCUT2D eigenvalue weighted by molar-refractivity contribution is 7.99. The number of amides is 1. The number of carbonyl (C=O) groups is 2. The van der Waals surface area contributed by atoms with Crippen molar-refractivity contribution in [2.24, 2.45) is 0 Å². The fourth-order valence-corrected chi connectivity index (χ4v) is 3.50. The number of hydrogen-bond donors (Lipinski definition) is 1. The maximum Gasteiger partial charge on any atom is 0.326 e. The van der Waals surface area contributed by atoms with Gasteiger partial charge in [0.05, 0.1) is 11.3 Å². The van der Waals surface area contributed by atoms with Crippen LogP contribution in [0.4, 0.5) is 5.69 Å². The molecule has 1 atom stereocenters. The van der Waals surface area contributed by atoms with Crippen molar-refractivity contribution in [1.29, 1.82) is 0 Å². The van der Waals surface area contributed by atoms with Gasteiger partial charge in [0.1, 0.15) is 11.1 Å². The fraction of sp³-hybridized carbons (Fsp3) is 0.188. The maximum absolute atomic E-state index is 12.9. The summed E-state index contributed by atoms with van der Waals surface area (Å²) < 4.78 is 0. The van der Waals surface area contributed by atoms with Gasteiger partial charge in [-0.05, 0) is 30.7 Å². The Kier molecular flexibility index (Phi) is 3.85. The van der Waals surface area contributed by atoms with E-state index in [1.165, 1.54) is 16.7 Å². The van der Waals surface area contributed by atoms with Crippen molar-refractivity contribution in [1.82, 2.24) is 4.98 Å². The monoisotopic (exact) mass is 314 g/mol. The molecule has 1 aromatic carbocycles. The zero-order chi connectivity index (χ0) is 15.7. The van der Waals surface area contributed by atoms with Crippen LogP contribution in [-0.4, -0.2) is 28.0 Å². The molecule has 6 heteroatoms. The Hall–Kier alpha value is -2.34.